The number of piperazine rings is 1. The predicted molar refractivity (Wildman–Crippen MR) is 76.3 cm³/mol. The van der Waals surface area contributed by atoms with Crippen LogP contribution in [-0.4, -0.2) is 36.6 Å². The second-order valence-corrected chi connectivity index (χ2v) is 7.02. The maximum atomic E-state index is 4.07. The summed E-state index contributed by atoms with van der Waals surface area (Å²) in [5.74, 6) is 0.697. The van der Waals surface area contributed by atoms with Crippen molar-refractivity contribution in [3.63, 3.8) is 0 Å². The average molecular weight is 238 g/mol. The molecule has 1 aliphatic heterocycles. The highest BCUT2D eigenvalue weighted by atomic mass is 15.2. The van der Waals surface area contributed by atoms with Gasteiger partial charge in [-0.2, -0.15) is 0 Å². The minimum absolute atomic E-state index is 0.329. The highest BCUT2D eigenvalue weighted by Gasteiger charge is 2.34. The highest BCUT2D eigenvalue weighted by Crippen LogP contribution is 2.25. The molecule has 0 aromatic heterocycles. The zero-order chi connectivity index (χ0) is 13.2. The van der Waals surface area contributed by atoms with Crippen molar-refractivity contribution in [3.8, 4) is 0 Å². The third-order valence-corrected chi connectivity index (χ3v) is 3.75. The fourth-order valence-electron chi connectivity index (χ4n) is 2.59. The molecule has 0 spiro atoms. The van der Waals surface area contributed by atoms with Gasteiger partial charge in [-0.3, -0.25) is 4.90 Å². The Kier molecular flexibility index (Phi) is 4.79. The smallest absolute Gasteiger partial charge is 0.0247 e. The second kappa shape index (κ2) is 5.53. The number of hydrogen-bond acceptors (Lipinski definition) is 2. The van der Waals surface area contributed by atoms with Crippen LogP contribution in [-0.2, 0) is 0 Å². The van der Waals surface area contributed by atoms with E-state index in [9.17, 15) is 0 Å². The molecule has 2 nitrogen and oxygen atoms in total. The summed E-state index contributed by atoms with van der Waals surface area (Å²) in [5, 5.41) is 3.72. The van der Waals surface area contributed by atoms with Gasteiger partial charge in [-0.1, -0.05) is 46.8 Å². The number of rotatable bonds is 3. The maximum Gasteiger partial charge on any atom is 0.0247 e. The van der Waals surface area contributed by atoms with Crippen molar-refractivity contribution < 1.29 is 0 Å². The number of hydrogen-bond donors (Lipinski definition) is 1. The molecule has 17 heavy (non-hydrogen) atoms. The molecule has 1 saturated heterocycles. The normalized spacial score (nSPS) is 27.5. The minimum Gasteiger partial charge on any atom is -0.311 e. The summed E-state index contributed by atoms with van der Waals surface area (Å²) in [6.07, 6.45) is 0. The molecule has 1 N–H and O–H groups in total. The Bertz CT molecular complexity index is 263. The van der Waals surface area contributed by atoms with Crippen LogP contribution in [0.5, 0.6) is 0 Å². The van der Waals surface area contributed by atoms with E-state index in [2.05, 4.69) is 58.3 Å². The van der Waals surface area contributed by atoms with E-state index in [1.165, 1.54) is 5.57 Å². The van der Waals surface area contributed by atoms with Crippen molar-refractivity contribution in [3.05, 3.63) is 12.2 Å². The summed E-state index contributed by atoms with van der Waals surface area (Å²) in [5.41, 5.74) is 1.60. The molecule has 0 aromatic rings. The van der Waals surface area contributed by atoms with E-state index in [0.717, 1.165) is 19.6 Å². The molecule has 0 saturated carbocycles. The van der Waals surface area contributed by atoms with Crippen molar-refractivity contribution in [2.45, 2.75) is 53.6 Å². The van der Waals surface area contributed by atoms with Crippen molar-refractivity contribution in [1.29, 1.82) is 0 Å². The summed E-state index contributed by atoms with van der Waals surface area (Å²) in [7, 11) is 0. The Morgan fingerprint density at radius 3 is 2.41 bits per heavy atom. The first-order valence-corrected chi connectivity index (χ1v) is 6.83. The highest BCUT2D eigenvalue weighted by molar-refractivity contribution is 4.99. The molecule has 100 valence electrons. The Hall–Kier alpha value is -0.340. The van der Waals surface area contributed by atoms with Crippen LogP contribution in [0.2, 0.25) is 0 Å². The molecule has 0 radical (unpaired) electrons. The van der Waals surface area contributed by atoms with Crippen LogP contribution < -0.4 is 5.32 Å². The maximum absolute atomic E-state index is 4.07. The SMILES string of the molecule is C=C(C)CN1CC(C(C)(C)C)NCC1C(C)C. The van der Waals surface area contributed by atoms with Gasteiger partial charge in [0.15, 0.2) is 0 Å². The van der Waals surface area contributed by atoms with Crippen LogP contribution in [0.25, 0.3) is 0 Å². The van der Waals surface area contributed by atoms with Gasteiger partial charge < -0.3 is 5.32 Å². The summed E-state index contributed by atoms with van der Waals surface area (Å²) >= 11 is 0. The lowest BCUT2D eigenvalue weighted by atomic mass is 9.83. The van der Waals surface area contributed by atoms with E-state index in [1.54, 1.807) is 0 Å². The molecular formula is C15H30N2. The van der Waals surface area contributed by atoms with Crippen molar-refractivity contribution in [2.24, 2.45) is 11.3 Å². The largest absolute Gasteiger partial charge is 0.311 e. The van der Waals surface area contributed by atoms with Gasteiger partial charge in [0.1, 0.15) is 0 Å². The first kappa shape index (κ1) is 14.7. The molecule has 0 aromatic carbocycles. The first-order valence-electron chi connectivity index (χ1n) is 6.83. The van der Waals surface area contributed by atoms with Gasteiger partial charge in [0.05, 0.1) is 0 Å². The van der Waals surface area contributed by atoms with Gasteiger partial charge in [-0.15, -0.1) is 0 Å². The Morgan fingerprint density at radius 2 is 2.00 bits per heavy atom. The molecule has 1 heterocycles. The van der Waals surface area contributed by atoms with Crippen LogP contribution in [0.3, 0.4) is 0 Å². The third-order valence-electron chi connectivity index (χ3n) is 3.75. The van der Waals surface area contributed by atoms with Gasteiger partial charge in [0, 0.05) is 31.7 Å². The Balaban J connectivity index is 2.73. The van der Waals surface area contributed by atoms with Crippen LogP contribution >= 0.6 is 0 Å². The molecular weight excluding hydrogens is 208 g/mol. The first-order chi connectivity index (χ1) is 7.71. The molecule has 0 bridgehead atoms. The monoisotopic (exact) mass is 238 g/mol. The Morgan fingerprint density at radius 1 is 1.41 bits per heavy atom. The summed E-state index contributed by atoms with van der Waals surface area (Å²) < 4.78 is 0. The average Bonchev–Trinajstić information content (AvgIpc) is 2.14. The van der Waals surface area contributed by atoms with Crippen molar-refractivity contribution in [2.75, 3.05) is 19.6 Å². The summed E-state index contributed by atoms with van der Waals surface area (Å²) in [6, 6.07) is 1.22. The quantitative estimate of drug-likeness (QED) is 0.761. The van der Waals surface area contributed by atoms with Gasteiger partial charge in [-0.25, -0.2) is 0 Å². The third kappa shape index (κ3) is 4.11. The van der Waals surface area contributed by atoms with Crippen LogP contribution in [0.4, 0.5) is 0 Å². The molecule has 2 heteroatoms. The Labute approximate surface area is 107 Å². The molecule has 0 amide bonds. The van der Waals surface area contributed by atoms with Gasteiger partial charge in [0.2, 0.25) is 0 Å². The van der Waals surface area contributed by atoms with Crippen LogP contribution in [0.1, 0.15) is 41.5 Å². The second-order valence-electron chi connectivity index (χ2n) is 7.02. The van der Waals surface area contributed by atoms with E-state index in [-0.39, 0.29) is 0 Å². The molecule has 1 rings (SSSR count). The van der Waals surface area contributed by atoms with Gasteiger partial charge >= 0.3 is 0 Å². The van der Waals surface area contributed by atoms with Crippen molar-refractivity contribution in [1.82, 2.24) is 10.2 Å². The zero-order valence-corrected chi connectivity index (χ0v) is 12.5. The van der Waals surface area contributed by atoms with Crippen LogP contribution in [0.15, 0.2) is 12.2 Å². The lowest BCUT2D eigenvalue weighted by Gasteiger charge is -2.46. The van der Waals surface area contributed by atoms with Gasteiger partial charge in [0.25, 0.3) is 0 Å². The van der Waals surface area contributed by atoms with E-state index in [1.807, 2.05) is 0 Å². The molecule has 2 atom stereocenters. The van der Waals surface area contributed by atoms with Crippen LogP contribution in [0, 0.1) is 11.3 Å². The molecule has 0 aliphatic carbocycles. The summed E-state index contributed by atoms with van der Waals surface area (Å²) in [6.45, 7) is 21.1. The van der Waals surface area contributed by atoms with E-state index < -0.39 is 0 Å². The topological polar surface area (TPSA) is 15.3 Å². The predicted octanol–water partition coefficient (Wildman–Crippen LogP) is 2.91. The van der Waals surface area contributed by atoms with Gasteiger partial charge in [-0.05, 0) is 18.3 Å². The fourth-order valence-corrected chi connectivity index (χ4v) is 2.59. The van der Waals surface area contributed by atoms with E-state index in [0.29, 0.717) is 23.4 Å². The summed E-state index contributed by atoms with van der Waals surface area (Å²) in [4.78, 5) is 2.61. The van der Waals surface area contributed by atoms with E-state index >= 15 is 0 Å². The lowest BCUT2D eigenvalue weighted by Crippen LogP contribution is -2.61. The number of nitrogens with one attached hydrogen (secondary N) is 1. The minimum atomic E-state index is 0.329. The molecule has 2 unspecified atom stereocenters. The fraction of sp³-hybridized carbons (Fsp3) is 0.867. The molecule has 1 aliphatic rings. The van der Waals surface area contributed by atoms with E-state index in [4.69, 9.17) is 0 Å². The molecule has 1 fully saturated rings. The lowest BCUT2D eigenvalue weighted by molar-refractivity contribution is 0.0710. The zero-order valence-electron chi connectivity index (χ0n) is 12.5. The van der Waals surface area contributed by atoms with Crippen molar-refractivity contribution >= 4 is 0 Å². The standard InChI is InChI=1S/C15H30N2/c1-11(2)9-17-10-14(15(5,6)7)16-8-13(17)12(3)4/h12-14,16H,1,8-10H2,2-7H3. The number of nitrogens with zero attached hydrogens (tertiary/aromatic N) is 1.